The summed E-state index contributed by atoms with van der Waals surface area (Å²) in [6.45, 7) is 5.31. The molecule has 0 unspecified atom stereocenters. The zero-order chi connectivity index (χ0) is 14.7. The number of pyridine rings is 1. The third-order valence-electron chi connectivity index (χ3n) is 3.88. The first kappa shape index (κ1) is 15.5. The quantitative estimate of drug-likeness (QED) is 0.805. The van der Waals surface area contributed by atoms with Crippen LogP contribution in [0.25, 0.3) is 0 Å². The number of carbonyl (C=O) groups is 1. The van der Waals surface area contributed by atoms with E-state index < -0.39 is 0 Å². The van der Waals surface area contributed by atoms with Gasteiger partial charge in [-0.1, -0.05) is 30.1 Å². The van der Waals surface area contributed by atoms with E-state index in [1.807, 2.05) is 7.05 Å². The van der Waals surface area contributed by atoms with Crippen LogP contribution < -0.4 is 0 Å². The molecule has 0 spiro atoms. The molecule has 1 amide bonds. The summed E-state index contributed by atoms with van der Waals surface area (Å²) in [4.78, 5) is 20.5. The van der Waals surface area contributed by atoms with Gasteiger partial charge in [-0.25, -0.2) is 4.98 Å². The van der Waals surface area contributed by atoms with Crippen molar-refractivity contribution < 1.29 is 4.79 Å². The van der Waals surface area contributed by atoms with Crippen LogP contribution in [0.3, 0.4) is 0 Å². The molecule has 1 saturated heterocycles. The minimum absolute atomic E-state index is 0.0499. The summed E-state index contributed by atoms with van der Waals surface area (Å²) in [5.74, 6) is -0.0499. The van der Waals surface area contributed by atoms with E-state index in [0.717, 1.165) is 32.5 Å². The van der Waals surface area contributed by atoms with Crippen molar-refractivity contribution in [3.63, 3.8) is 0 Å². The van der Waals surface area contributed by atoms with Crippen LogP contribution in [0.1, 0.15) is 30.1 Å². The van der Waals surface area contributed by atoms with Crippen LogP contribution in [0.5, 0.6) is 0 Å². The fourth-order valence-electron chi connectivity index (χ4n) is 2.58. The molecule has 2 heterocycles. The zero-order valence-corrected chi connectivity index (χ0v) is 13.3. The van der Waals surface area contributed by atoms with Gasteiger partial charge in [0.1, 0.15) is 10.3 Å². The van der Waals surface area contributed by atoms with Gasteiger partial charge in [0.2, 0.25) is 0 Å². The van der Waals surface area contributed by atoms with Gasteiger partial charge in [-0.2, -0.15) is 0 Å². The first-order chi connectivity index (χ1) is 9.51. The van der Waals surface area contributed by atoms with Gasteiger partial charge in [-0.3, -0.25) is 4.79 Å². The Bertz CT molecular complexity index is 467. The number of piperidine rings is 1. The Balaban J connectivity index is 2.05. The maximum atomic E-state index is 12.5. The minimum atomic E-state index is -0.0499. The van der Waals surface area contributed by atoms with Crippen LogP contribution >= 0.6 is 23.2 Å². The van der Waals surface area contributed by atoms with Crippen LogP contribution in [0.15, 0.2) is 12.1 Å². The smallest absolute Gasteiger partial charge is 0.254 e. The van der Waals surface area contributed by atoms with Crippen molar-refractivity contribution in [1.29, 1.82) is 0 Å². The fraction of sp³-hybridized carbons (Fsp3) is 0.571. The highest BCUT2D eigenvalue weighted by Crippen LogP contribution is 2.20. The Labute approximate surface area is 129 Å². The van der Waals surface area contributed by atoms with E-state index in [2.05, 4.69) is 16.8 Å². The normalized spacial score (nSPS) is 17.2. The molecular weight excluding hydrogens is 297 g/mol. The SMILES string of the molecule is CCN1CCC(N(C)C(=O)c2cc(Cl)nc(Cl)c2)CC1. The zero-order valence-electron chi connectivity index (χ0n) is 11.8. The molecule has 0 aromatic carbocycles. The summed E-state index contributed by atoms with van der Waals surface area (Å²) in [6, 6.07) is 3.40. The van der Waals surface area contributed by atoms with E-state index in [4.69, 9.17) is 23.2 Å². The Kier molecular flexibility index (Phi) is 5.24. The standard InChI is InChI=1S/C14H19Cl2N3O/c1-3-19-6-4-11(5-7-19)18(2)14(20)10-8-12(15)17-13(16)9-10/h8-9,11H,3-7H2,1-2H3. The first-order valence-corrected chi connectivity index (χ1v) is 7.59. The molecule has 0 radical (unpaired) electrons. The van der Waals surface area contributed by atoms with E-state index in [0.29, 0.717) is 5.56 Å². The number of carbonyl (C=O) groups excluding carboxylic acids is 1. The molecular formula is C14H19Cl2N3O. The highest BCUT2D eigenvalue weighted by molar-refractivity contribution is 6.33. The van der Waals surface area contributed by atoms with Crippen molar-refractivity contribution in [3.05, 3.63) is 28.0 Å². The van der Waals surface area contributed by atoms with Gasteiger partial charge in [0.05, 0.1) is 0 Å². The van der Waals surface area contributed by atoms with Crippen LogP contribution in [0.2, 0.25) is 10.3 Å². The number of likely N-dealkylation sites (tertiary alicyclic amines) is 1. The number of amides is 1. The maximum Gasteiger partial charge on any atom is 0.254 e. The monoisotopic (exact) mass is 315 g/mol. The maximum absolute atomic E-state index is 12.5. The molecule has 1 aromatic rings. The second-order valence-corrected chi connectivity index (χ2v) is 5.86. The Morgan fingerprint density at radius 2 is 1.90 bits per heavy atom. The average molecular weight is 316 g/mol. The molecule has 4 nitrogen and oxygen atoms in total. The second-order valence-electron chi connectivity index (χ2n) is 5.08. The van der Waals surface area contributed by atoms with E-state index in [1.54, 1.807) is 17.0 Å². The van der Waals surface area contributed by atoms with E-state index in [1.165, 1.54) is 0 Å². The minimum Gasteiger partial charge on any atom is -0.339 e. The van der Waals surface area contributed by atoms with Crippen molar-refractivity contribution >= 4 is 29.1 Å². The number of aromatic nitrogens is 1. The lowest BCUT2D eigenvalue weighted by Crippen LogP contribution is -2.45. The van der Waals surface area contributed by atoms with E-state index in [9.17, 15) is 4.79 Å². The summed E-state index contributed by atoms with van der Waals surface area (Å²) < 4.78 is 0. The van der Waals surface area contributed by atoms with Crippen molar-refractivity contribution in [1.82, 2.24) is 14.8 Å². The molecule has 0 bridgehead atoms. The molecule has 1 aliphatic heterocycles. The van der Waals surface area contributed by atoms with Crippen LogP contribution in [-0.4, -0.2) is 53.4 Å². The lowest BCUT2D eigenvalue weighted by molar-refractivity contribution is 0.0646. The molecule has 0 N–H and O–H groups in total. The van der Waals surface area contributed by atoms with Gasteiger partial charge in [0, 0.05) is 31.7 Å². The molecule has 110 valence electrons. The van der Waals surface area contributed by atoms with Crippen LogP contribution in [0, 0.1) is 0 Å². The Hall–Kier alpha value is -0.840. The molecule has 6 heteroatoms. The van der Waals surface area contributed by atoms with E-state index >= 15 is 0 Å². The highest BCUT2D eigenvalue weighted by atomic mass is 35.5. The van der Waals surface area contributed by atoms with Crippen LogP contribution in [0.4, 0.5) is 0 Å². The molecule has 2 rings (SSSR count). The molecule has 1 aliphatic rings. The van der Waals surface area contributed by atoms with Gasteiger partial charge >= 0.3 is 0 Å². The van der Waals surface area contributed by atoms with Crippen molar-refractivity contribution in [2.45, 2.75) is 25.8 Å². The lowest BCUT2D eigenvalue weighted by Gasteiger charge is -2.36. The number of nitrogens with zero attached hydrogens (tertiary/aromatic N) is 3. The summed E-state index contributed by atoms with van der Waals surface area (Å²) in [7, 11) is 1.84. The van der Waals surface area contributed by atoms with E-state index in [-0.39, 0.29) is 22.3 Å². The number of hydrogen-bond donors (Lipinski definition) is 0. The Morgan fingerprint density at radius 3 is 2.40 bits per heavy atom. The van der Waals surface area contributed by atoms with Crippen molar-refractivity contribution in [2.75, 3.05) is 26.7 Å². The number of hydrogen-bond acceptors (Lipinski definition) is 3. The molecule has 20 heavy (non-hydrogen) atoms. The van der Waals surface area contributed by atoms with Gasteiger partial charge < -0.3 is 9.80 Å². The number of rotatable bonds is 3. The highest BCUT2D eigenvalue weighted by Gasteiger charge is 2.25. The van der Waals surface area contributed by atoms with Gasteiger partial charge in [0.25, 0.3) is 5.91 Å². The molecule has 1 fully saturated rings. The van der Waals surface area contributed by atoms with Gasteiger partial charge in [-0.05, 0) is 31.5 Å². The fourth-order valence-corrected chi connectivity index (χ4v) is 3.04. The summed E-state index contributed by atoms with van der Waals surface area (Å²) in [5.41, 5.74) is 0.496. The van der Waals surface area contributed by atoms with Gasteiger partial charge in [-0.15, -0.1) is 0 Å². The molecule has 0 saturated carbocycles. The molecule has 1 aromatic heterocycles. The summed E-state index contributed by atoms with van der Waals surface area (Å²) >= 11 is 11.7. The van der Waals surface area contributed by atoms with Crippen molar-refractivity contribution in [2.24, 2.45) is 0 Å². The van der Waals surface area contributed by atoms with Crippen molar-refractivity contribution in [3.8, 4) is 0 Å². The molecule has 0 atom stereocenters. The first-order valence-electron chi connectivity index (χ1n) is 6.84. The average Bonchev–Trinajstić information content (AvgIpc) is 2.45. The third kappa shape index (κ3) is 3.62. The molecule has 0 aliphatic carbocycles. The number of halogens is 2. The summed E-state index contributed by atoms with van der Waals surface area (Å²) in [5, 5.41) is 0.491. The second kappa shape index (κ2) is 6.74. The largest absolute Gasteiger partial charge is 0.339 e. The topological polar surface area (TPSA) is 36.4 Å². The lowest BCUT2D eigenvalue weighted by atomic mass is 10.0. The van der Waals surface area contributed by atoms with Gasteiger partial charge in [0.15, 0.2) is 0 Å². The summed E-state index contributed by atoms with van der Waals surface area (Å²) in [6.07, 6.45) is 2.01. The predicted molar refractivity (Wildman–Crippen MR) is 81.5 cm³/mol. The third-order valence-corrected chi connectivity index (χ3v) is 4.27. The van der Waals surface area contributed by atoms with Crippen LogP contribution in [-0.2, 0) is 0 Å². The predicted octanol–water partition coefficient (Wildman–Crippen LogP) is 2.94. The Morgan fingerprint density at radius 1 is 1.35 bits per heavy atom.